The quantitative estimate of drug-likeness (QED) is 0.699. The molecule has 1 aromatic rings. The molecule has 0 aliphatic rings. The van der Waals surface area contributed by atoms with Crippen molar-refractivity contribution in [1.29, 1.82) is 0 Å². The molecular weight excluding hydrogens is 182 g/mol. The molecule has 1 unspecified atom stereocenters. The third-order valence-electron chi connectivity index (χ3n) is 1.14. The van der Waals surface area contributed by atoms with Crippen molar-refractivity contribution in [2.75, 3.05) is 0 Å². The average molecular weight is 189 g/mol. The topological polar surface area (TPSA) is 50.2 Å². The minimum absolute atomic E-state index is 0.399. The highest BCUT2D eigenvalue weighted by Crippen LogP contribution is 2.10. The Hall–Kier alpha value is -0.550. The Labute approximate surface area is 73.5 Å². The van der Waals surface area contributed by atoms with Crippen LogP contribution in [-0.4, -0.2) is 21.3 Å². The molecule has 1 aromatic heterocycles. The molecule has 0 radical (unpaired) electrons. The monoisotopic (exact) mass is 189 g/mol. The van der Waals surface area contributed by atoms with E-state index in [-0.39, 0.29) is 0 Å². The maximum absolute atomic E-state index is 10.3. The summed E-state index contributed by atoms with van der Waals surface area (Å²) in [6.07, 6.45) is 2.05. The van der Waals surface area contributed by atoms with Crippen LogP contribution in [0.4, 0.5) is 0 Å². The number of hydrogen-bond donors (Lipinski definition) is 2. The standard InChI is InChI=1S/C6H7NO2S2/c8-6(9)4(10)3-5-7-1-2-11-5/h1-2,4,10H,3H2,(H,8,9). The molecule has 0 bridgehead atoms. The second kappa shape index (κ2) is 3.73. The van der Waals surface area contributed by atoms with Gasteiger partial charge in [-0.1, -0.05) is 0 Å². The lowest BCUT2D eigenvalue weighted by atomic mass is 10.3. The molecule has 1 rings (SSSR count). The van der Waals surface area contributed by atoms with Gasteiger partial charge in [-0.15, -0.1) is 11.3 Å². The second-order valence-corrected chi connectivity index (χ2v) is 3.59. The number of thiol groups is 1. The van der Waals surface area contributed by atoms with Gasteiger partial charge < -0.3 is 5.11 Å². The van der Waals surface area contributed by atoms with E-state index < -0.39 is 11.2 Å². The minimum atomic E-state index is -0.900. The van der Waals surface area contributed by atoms with Crippen molar-refractivity contribution in [2.45, 2.75) is 11.7 Å². The first-order valence-electron chi connectivity index (χ1n) is 2.99. The molecule has 11 heavy (non-hydrogen) atoms. The number of thiazole rings is 1. The van der Waals surface area contributed by atoms with Crippen LogP contribution in [0.1, 0.15) is 5.01 Å². The van der Waals surface area contributed by atoms with E-state index in [9.17, 15) is 4.79 Å². The Morgan fingerprint density at radius 2 is 2.64 bits per heavy atom. The van der Waals surface area contributed by atoms with Crippen LogP contribution in [0.25, 0.3) is 0 Å². The van der Waals surface area contributed by atoms with Gasteiger partial charge in [0.25, 0.3) is 0 Å². The number of rotatable bonds is 3. The molecule has 0 amide bonds. The van der Waals surface area contributed by atoms with Gasteiger partial charge in [0.2, 0.25) is 0 Å². The van der Waals surface area contributed by atoms with Gasteiger partial charge in [0, 0.05) is 18.0 Å². The zero-order valence-electron chi connectivity index (χ0n) is 5.60. The SMILES string of the molecule is O=C(O)C(S)Cc1nccs1. The molecule has 0 aliphatic heterocycles. The Morgan fingerprint density at radius 3 is 3.09 bits per heavy atom. The molecule has 3 nitrogen and oxygen atoms in total. The summed E-state index contributed by atoms with van der Waals surface area (Å²) < 4.78 is 0. The van der Waals surface area contributed by atoms with E-state index in [2.05, 4.69) is 17.6 Å². The van der Waals surface area contributed by atoms with Gasteiger partial charge in [0.1, 0.15) is 5.25 Å². The molecule has 5 heteroatoms. The van der Waals surface area contributed by atoms with Crippen LogP contribution >= 0.6 is 24.0 Å². The fraction of sp³-hybridized carbons (Fsp3) is 0.333. The predicted molar refractivity (Wildman–Crippen MR) is 46.2 cm³/mol. The molecule has 0 saturated heterocycles. The maximum Gasteiger partial charge on any atom is 0.316 e. The van der Waals surface area contributed by atoms with Crippen LogP contribution in [-0.2, 0) is 11.2 Å². The molecule has 0 spiro atoms. The molecule has 1 N–H and O–H groups in total. The highest BCUT2D eigenvalue weighted by Gasteiger charge is 2.13. The molecule has 0 aliphatic carbocycles. The Bertz CT molecular complexity index is 235. The van der Waals surface area contributed by atoms with E-state index >= 15 is 0 Å². The molecule has 60 valence electrons. The van der Waals surface area contributed by atoms with E-state index in [1.165, 1.54) is 11.3 Å². The third kappa shape index (κ3) is 2.51. The van der Waals surface area contributed by atoms with Crippen LogP contribution in [0, 0.1) is 0 Å². The average Bonchev–Trinajstić information content (AvgIpc) is 2.39. The summed E-state index contributed by atoms with van der Waals surface area (Å²) >= 11 is 5.32. The van der Waals surface area contributed by atoms with Gasteiger partial charge in [-0.3, -0.25) is 4.79 Å². The highest BCUT2D eigenvalue weighted by atomic mass is 32.1. The molecule has 0 saturated carbocycles. The second-order valence-electron chi connectivity index (χ2n) is 1.98. The molecule has 1 atom stereocenters. The van der Waals surface area contributed by atoms with Crippen LogP contribution in [0.5, 0.6) is 0 Å². The Balaban J connectivity index is 2.50. The molecule has 0 aromatic carbocycles. The van der Waals surface area contributed by atoms with Gasteiger partial charge in [0.15, 0.2) is 0 Å². The van der Waals surface area contributed by atoms with Crippen molar-refractivity contribution < 1.29 is 9.90 Å². The number of hydrogen-bond acceptors (Lipinski definition) is 4. The lowest BCUT2D eigenvalue weighted by Crippen LogP contribution is -2.15. The Morgan fingerprint density at radius 1 is 1.91 bits per heavy atom. The van der Waals surface area contributed by atoms with E-state index in [0.717, 1.165) is 5.01 Å². The van der Waals surface area contributed by atoms with Crippen molar-refractivity contribution >= 4 is 29.9 Å². The van der Waals surface area contributed by atoms with Crippen molar-refractivity contribution in [3.05, 3.63) is 16.6 Å². The number of nitrogens with zero attached hydrogens (tertiary/aromatic N) is 1. The number of aliphatic carboxylic acids is 1. The number of carboxylic acid groups (broad SMARTS) is 1. The van der Waals surface area contributed by atoms with Crippen LogP contribution in [0.2, 0.25) is 0 Å². The fourth-order valence-corrected chi connectivity index (χ4v) is 1.57. The normalized spacial score (nSPS) is 12.8. The first kappa shape index (κ1) is 8.55. The maximum atomic E-state index is 10.3. The predicted octanol–water partition coefficient (Wildman–Crippen LogP) is 1.07. The largest absolute Gasteiger partial charge is 0.480 e. The lowest BCUT2D eigenvalue weighted by Gasteiger charge is -2.00. The van der Waals surface area contributed by atoms with E-state index in [0.29, 0.717) is 6.42 Å². The third-order valence-corrected chi connectivity index (χ3v) is 2.34. The van der Waals surface area contributed by atoms with Crippen molar-refractivity contribution in [1.82, 2.24) is 4.98 Å². The van der Waals surface area contributed by atoms with E-state index in [1.54, 1.807) is 6.20 Å². The summed E-state index contributed by atoms with van der Waals surface area (Å²) in [6, 6.07) is 0. The highest BCUT2D eigenvalue weighted by molar-refractivity contribution is 7.81. The zero-order chi connectivity index (χ0) is 8.27. The lowest BCUT2D eigenvalue weighted by molar-refractivity contribution is -0.136. The summed E-state index contributed by atoms with van der Waals surface area (Å²) in [7, 11) is 0. The summed E-state index contributed by atoms with van der Waals surface area (Å²) in [4.78, 5) is 14.3. The summed E-state index contributed by atoms with van der Waals surface area (Å²) in [6.45, 7) is 0. The van der Waals surface area contributed by atoms with Crippen LogP contribution in [0.3, 0.4) is 0 Å². The van der Waals surface area contributed by atoms with Crippen molar-refractivity contribution in [3.8, 4) is 0 Å². The first-order chi connectivity index (χ1) is 5.20. The summed E-state index contributed by atoms with van der Waals surface area (Å²) in [5, 5.41) is 10.5. The number of carbonyl (C=O) groups is 1. The summed E-state index contributed by atoms with van der Waals surface area (Å²) in [5.41, 5.74) is 0. The Kier molecular flexibility index (Phi) is 2.90. The van der Waals surface area contributed by atoms with Crippen LogP contribution in [0.15, 0.2) is 11.6 Å². The van der Waals surface area contributed by atoms with Crippen molar-refractivity contribution in [3.63, 3.8) is 0 Å². The number of carboxylic acids is 1. The summed E-state index contributed by atoms with van der Waals surface area (Å²) in [5.74, 6) is -0.900. The molecule has 0 fully saturated rings. The number of aromatic nitrogens is 1. The smallest absolute Gasteiger partial charge is 0.316 e. The fourth-order valence-electron chi connectivity index (χ4n) is 0.606. The van der Waals surface area contributed by atoms with Gasteiger partial charge >= 0.3 is 5.97 Å². The van der Waals surface area contributed by atoms with Crippen molar-refractivity contribution in [2.24, 2.45) is 0 Å². The molecular formula is C6H7NO2S2. The van der Waals surface area contributed by atoms with Gasteiger partial charge in [-0.25, -0.2) is 4.98 Å². The first-order valence-corrected chi connectivity index (χ1v) is 4.39. The van der Waals surface area contributed by atoms with Gasteiger partial charge in [0.05, 0.1) is 5.01 Å². The van der Waals surface area contributed by atoms with Gasteiger partial charge in [-0.05, 0) is 0 Å². The van der Waals surface area contributed by atoms with E-state index in [1.807, 2.05) is 5.38 Å². The van der Waals surface area contributed by atoms with E-state index in [4.69, 9.17) is 5.11 Å². The molecule has 1 heterocycles. The van der Waals surface area contributed by atoms with Crippen LogP contribution < -0.4 is 0 Å². The van der Waals surface area contributed by atoms with Gasteiger partial charge in [-0.2, -0.15) is 12.6 Å². The zero-order valence-corrected chi connectivity index (χ0v) is 7.31. The minimum Gasteiger partial charge on any atom is -0.480 e.